The number of H-pyrrole nitrogens is 1. The lowest BCUT2D eigenvalue weighted by atomic mass is 10.2. The fourth-order valence-electron chi connectivity index (χ4n) is 2.52. The Bertz CT molecular complexity index is 1070. The zero-order chi connectivity index (χ0) is 18.6. The molecule has 0 radical (unpaired) electrons. The van der Waals surface area contributed by atoms with Crippen LogP contribution >= 0.6 is 11.8 Å². The summed E-state index contributed by atoms with van der Waals surface area (Å²) >= 11 is 1.38. The monoisotopic (exact) mass is 380 g/mol. The minimum atomic E-state index is -0.255. The number of aromatic amines is 1. The van der Waals surface area contributed by atoms with Gasteiger partial charge in [0.2, 0.25) is 11.7 Å². The summed E-state index contributed by atoms with van der Waals surface area (Å²) in [4.78, 5) is 20.6. The van der Waals surface area contributed by atoms with Crippen molar-refractivity contribution >= 4 is 11.8 Å². The second-order valence-electron chi connectivity index (χ2n) is 5.84. The Labute approximate surface area is 158 Å². The van der Waals surface area contributed by atoms with Crippen LogP contribution in [0.5, 0.6) is 0 Å². The van der Waals surface area contributed by atoms with Gasteiger partial charge in [-0.3, -0.25) is 9.55 Å². The topological polar surface area (TPSA) is 102 Å². The third kappa shape index (κ3) is 3.82. The molecule has 8 nitrogen and oxygen atoms in total. The molecule has 4 aromatic rings. The lowest BCUT2D eigenvalue weighted by Gasteiger charge is -2.08. The molecule has 0 saturated heterocycles. The first-order chi connectivity index (χ1) is 13.2. The summed E-state index contributed by atoms with van der Waals surface area (Å²) in [5.74, 6) is 0.940. The van der Waals surface area contributed by atoms with Crippen molar-refractivity contribution in [1.82, 2.24) is 29.9 Å². The molecule has 27 heavy (non-hydrogen) atoms. The van der Waals surface area contributed by atoms with Gasteiger partial charge in [0.25, 0.3) is 0 Å². The number of hydrogen-bond donors (Lipinski definition) is 1. The van der Waals surface area contributed by atoms with E-state index in [-0.39, 0.29) is 10.9 Å². The molecule has 136 valence electrons. The van der Waals surface area contributed by atoms with Crippen molar-refractivity contribution in [1.29, 1.82) is 0 Å². The van der Waals surface area contributed by atoms with Crippen LogP contribution in [0.4, 0.5) is 0 Å². The molecule has 1 atom stereocenters. The summed E-state index contributed by atoms with van der Waals surface area (Å²) < 4.78 is 6.98. The molecule has 3 heterocycles. The zero-order valence-corrected chi connectivity index (χ0v) is 15.3. The molecule has 9 heteroatoms. The molecule has 0 aliphatic carbocycles. The van der Waals surface area contributed by atoms with Crippen molar-refractivity contribution in [2.45, 2.75) is 23.9 Å². The summed E-state index contributed by atoms with van der Waals surface area (Å²) in [5.41, 5.74) is 1.55. The summed E-state index contributed by atoms with van der Waals surface area (Å²) in [6.45, 7) is 2.37. The van der Waals surface area contributed by atoms with Crippen LogP contribution < -0.4 is 5.69 Å². The van der Waals surface area contributed by atoms with Gasteiger partial charge in [-0.05, 0) is 24.6 Å². The van der Waals surface area contributed by atoms with Crippen molar-refractivity contribution in [3.63, 3.8) is 0 Å². The fraction of sp³-hybridized carbons (Fsp3) is 0.167. The van der Waals surface area contributed by atoms with Gasteiger partial charge in [-0.25, -0.2) is 9.89 Å². The summed E-state index contributed by atoms with van der Waals surface area (Å²) in [7, 11) is 0. The molecule has 1 aromatic carbocycles. The molecule has 0 amide bonds. The van der Waals surface area contributed by atoms with E-state index in [0.29, 0.717) is 23.4 Å². The smallest absolute Gasteiger partial charge is 0.338 e. The zero-order valence-electron chi connectivity index (χ0n) is 14.4. The molecule has 1 N–H and O–H groups in total. The highest BCUT2D eigenvalue weighted by atomic mass is 32.2. The number of rotatable bonds is 6. The Morgan fingerprint density at radius 3 is 2.85 bits per heavy atom. The van der Waals surface area contributed by atoms with Crippen molar-refractivity contribution < 1.29 is 4.52 Å². The predicted molar refractivity (Wildman–Crippen MR) is 100 cm³/mol. The van der Waals surface area contributed by atoms with E-state index < -0.39 is 0 Å². The average Bonchev–Trinajstić information content (AvgIpc) is 3.32. The van der Waals surface area contributed by atoms with E-state index >= 15 is 0 Å². The number of aromatic nitrogens is 6. The number of benzene rings is 1. The normalized spacial score (nSPS) is 12.2. The Morgan fingerprint density at radius 1 is 1.22 bits per heavy atom. The van der Waals surface area contributed by atoms with Gasteiger partial charge in [-0.2, -0.15) is 4.98 Å². The predicted octanol–water partition coefficient (Wildman–Crippen LogP) is 2.92. The standard InChI is InChI=1S/C18H16N6O2S/c1-12(16-20-15(23-26-16)14-8-5-9-19-10-14)27-18-22-21-17(25)24(18)11-13-6-3-2-4-7-13/h2-10,12H,11H2,1H3,(H,21,25)/t12-/m1/s1. The second kappa shape index (κ2) is 7.58. The molecule has 0 fully saturated rings. The molecule has 0 aliphatic rings. The lowest BCUT2D eigenvalue weighted by Crippen LogP contribution is -2.18. The fourth-order valence-corrected chi connectivity index (χ4v) is 3.41. The molecule has 0 bridgehead atoms. The van der Waals surface area contributed by atoms with Crippen molar-refractivity contribution in [3.05, 3.63) is 76.8 Å². The first kappa shape index (κ1) is 17.2. The molecule has 0 unspecified atom stereocenters. The first-order valence-electron chi connectivity index (χ1n) is 8.30. The van der Waals surface area contributed by atoms with Crippen LogP contribution in [0.1, 0.15) is 23.6 Å². The maximum Gasteiger partial charge on any atom is 0.344 e. The van der Waals surface area contributed by atoms with Gasteiger partial charge in [0.15, 0.2) is 5.16 Å². The molecule has 3 aromatic heterocycles. The van der Waals surface area contributed by atoms with Gasteiger partial charge in [0.1, 0.15) is 0 Å². The maximum absolute atomic E-state index is 12.1. The van der Waals surface area contributed by atoms with E-state index in [0.717, 1.165) is 11.1 Å². The van der Waals surface area contributed by atoms with Gasteiger partial charge in [0, 0.05) is 18.0 Å². The van der Waals surface area contributed by atoms with Gasteiger partial charge < -0.3 is 4.52 Å². The van der Waals surface area contributed by atoms with Crippen LogP contribution in [0, 0.1) is 0 Å². The van der Waals surface area contributed by atoms with Gasteiger partial charge in [-0.15, -0.1) is 5.10 Å². The van der Waals surface area contributed by atoms with Crippen LogP contribution in [-0.2, 0) is 6.54 Å². The summed E-state index contributed by atoms with van der Waals surface area (Å²) in [6, 6.07) is 13.4. The number of pyridine rings is 1. The molecule has 4 rings (SSSR count). The molecule has 0 saturated carbocycles. The van der Waals surface area contributed by atoms with Gasteiger partial charge in [-0.1, -0.05) is 47.3 Å². The summed E-state index contributed by atoms with van der Waals surface area (Å²) in [6.07, 6.45) is 3.37. The molecule has 0 aliphatic heterocycles. The number of nitrogens with zero attached hydrogens (tertiary/aromatic N) is 5. The highest BCUT2D eigenvalue weighted by molar-refractivity contribution is 7.99. The van der Waals surface area contributed by atoms with E-state index in [1.807, 2.05) is 49.4 Å². The molecular weight excluding hydrogens is 364 g/mol. The highest BCUT2D eigenvalue weighted by Gasteiger charge is 2.20. The quantitative estimate of drug-likeness (QED) is 0.513. The Hall–Kier alpha value is -3.20. The molecule has 0 spiro atoms. The first-order valence-corrected chi connectivity index (χ1v) is 9.18. The minimum Gasteiger partial charge on any atom is -0.338 e. The summed E-state index contributed by atoms with van der Waals surface area (Å²) in [5, 5.41) is 11.0. The van der Waals surface area contributed by atoms with Crippen LogP contribution in [0.15, 0.2) is 69.3 Å². The Balaban J connectivity index is 1.53. The second-order valence-corrected chi connectivity index (χ2v) is 7.15. The van der Waals surface area contributed by atoms with Crippen molar-refractivity contribution in [2.24, 2.45) is 0 Å². The number of thioether (sulfide) groups is 1. The van der Waals surface area contributed by atoms with E-state index in [4.69, 9.17) is 4.52 Å². The van der Waals surface area contributed by atoms with E-state index in [2.05, 4.69) is 25.3 Å². The molecular formula is C18H16N6O2S. The van der Waals surface area contributed by atoms with Crippen LogP contribution in [-0.4, -0.2) is 29.9 Å². The lowest BCUT2D eigenvalue weighted by molar-refractivity contribution is 0.380. The minimum absolute atomic E-state index is 0.173. The number of nitrogens with one attached hydrogen (secondary N) is 1. The maximum atomic E-state index is 12.1. The SMILES string of the molecule is C[C@@H](Sc1n[nH]c(=O)n1Cc1ccccc1)c1nc(-c2cccnc2)no1. The van der Waals surface area contributed by atoms with Crippen LogP contribution in [0.25, 0.3) is 11.4 Å². The Morgan fingerprint density at radius 2 is 2.07 bits per heavy atom. The van der Waals surface area contributed by atoms with Crippen molar-refractivity contribution in [2.75, 3.05) is 0 Å². The Kier molecular flexibility index (Phi) is 4.84. The third-order valence-corrected chi connectivity index (χ3v) is 4.98. The largest absolute Gasteiger partial charge is 0.344 e. The van der Waals surface area contributed by atoms with E-state index in [1.165, 1.54) is 11.8 Å². The highest BCUT2D eigenvalue weighted by Crippen LogP contribution is 2.33. The van der Waals surface area contributed by atoms with Crippen LogP contribution in [0.2, 0.25) is 0 Å². The third-order valence-electron chi connectivity index (χ3n) is 3.90. The van der Waals surface area contributed by atoms with Crippen molar-refractivity contribution in [3.8, 4) is 11.4 Å². The van der Waals surface area contributed by atoms with E-state index in [1.54, 1.807) is 17.0 Å². The van der Waals surface area contributed by atoms with Crippen LogP contribution in [0.3, 0.4) is 0 Å². The average molecular weight is 380 g/mol. The van der Waals surface area contributed by atoms with Gasteiger partial charge in [0.05, 0.1) is 11.8 Å². The van der Waals surface area contributed by atoms with Gasteiger partial charge >= 0.3 is 5.69 Å². The van der Waals surface area contributed by atoms with E-state index in [9.17, 15) is 4.79 Å². The number of hydrogen-bond acceptors (Lipinski definition) is 7.